The summed E-state index contributed by atoms with van der Waals surface area (Å²) in [5, 5.41) is 3.00. The van der Waals surface area contributed by atoms with Crippen molar-refractivity contribution < 1.29 is 4.79 Å². The molecule has 1 aliphatic heterocycles. The Morgan fingerprint density at radius 2 is 1.62 bits per heavy atom. The quantitative estimate of drug-likeness (QED) is 0.866. The average molecular weight is 280 g/mol. The summed E-state index contributed by atoms with van der Waals surface area (Å²) >= 11 is 0. The predicted molar refractivity (Wildman–Crippen MR) is 85.2 cm³/mol. The number of carbonyl (C=O) groups excluding carboxylic acids is 1. The maximum atomic E-state index is 12.6. The number of nitrogens with zero attached hydrogens (tertiary/aromatic N) is 1. The van der Waals surface area contributed by atoms with Crippen molar-refractivity contribution in [1.29, 1.82) is 0 Å². The van der Waals surface area contributed by atoms with Crippen LogP contribution in [-0.4, -0.2) is 17.5 Å². The molecule has 2 aromatic rings. The molecule has 1 saturated heterocycles. The molecule has 1 N–H and O–H groups in total. The standard InChI is InChI=1S/C18H20N2O/c21-18(19-16-11-5-2-6-12-16)20-14-8-7-13-17(20)15-9-3-1-4-10-15/h1-6,9-12,17H,7-8,13-14H2,(H,19,21). The third-order valence-corrected chi connectivity index (χ3v) is 3.97. The SMILES string of the molecule is O=C(Nc1ccccc1)N1CCCCC1c1ccccc1. The number of hydrogen-bond acceptors (Lipinski definition) is 1. The second kappa shape index (κ2) is 6.44. The van der Waals surface area contributed by atoms with Crippen molar-refractivity contribution >= 4 is 11.7 Å². The number of anilines is 1. The van der Waals surface area contributed by atoms with Crippen LogP contribution in [0.2, 0.25) is 0 Å². The number of carbonyl (C=O) groups is 1. The van der Waals surface area contributed by atoms with E-state index in [0.29, 0.717) is 0 Å². The van der Waals surface area contributed by atoms with E-state index in [-0.39, 0.29) is 12.1 Å². The van der Waals surface area contributed by atoms with Gasteiger partial charge in [-0.25, -0.2) is 4.79 Å². The number of amides is 2. The van der Waals surface area contributed by atoms with E-state index in [2.05, 4.69) is 17.4 Å². The van der Waals surface area contributed by atoms with Gasteiger partial charge in [-0.05, 0) is 37.0 Å². The van der Waals surface area contributed by atoms with Gasteiger partial charge in [-0.2, -0.15) is 0 Å². The lowest BCUT2D eigenvalue weighted by molar-refractivity contribution is 0.163. The van der Waals surface area contributed by atoms with Gasteiger partial charge in [0.05, 0.1) is 6.04 Å². The van der Waals surface area contributed by atoms with Gasteiger partial charge in [0.2, 0.25) is 0 Å². The third-order valence-electron chi connectivity index (χ3n) is 3.97. The van der Waals surface area contributed by atoms with Crippen molar-refractivity contribution in [3.63, 3.8) is 0 Å². The van der Waals surface area contributed by atoms with E-state index in [1.165, 1.54) is 12.0 Å². The summed E-state index contributed by atoms with van der Waals surface area (Å²) in [6.07, 6.45) is 3.28. The summed E-state index contributed by atoms with van der Waals surface area (Å²) in [7, 11) is 0. The molecule has 3 rings (SSSR count). The van der Waals surface area contributed by atoms with Crippen LogP contribution in [0, 0.1) is 0 Å². The number of likely N-dealkylation sites (tertiary alicyclic amines) is 1. The van der Waals surface area contributed by atoms with E-state index < -0.39 is 0 Å². The van der Waals surface area contributed by atoms with Crippen molar-refractivity contribution in [3.8, 4) is 0 Å². The Hall–Kier alpha value is -2.29. The van der Waals surface area contributed by atoms with Gasteiger partial charge in [0.15, 0.2) is 0 Å². The lowest BCUT2D eigenvalue weighted by Crippen LogP contribution is -2.41. The van der Waals surface area contributed by atoms with Crippen molar-refractivity contribution in [2.75, 3.05) is 11.9 Å². The first-order valence-electron chi connectivity index (χ1n) is 7.52. The molecule has 3 nitrogen and oxygen atoms in total. The fourth-order valence-corrected chi connectivity index (χ4v) is 2.91. The largest absolute Gasteiger partial charge is 0.322 e. The Kier molecular flexibility index (Phi) is 4.20. The first-order chi connectivity index (χ1) is 10.3. The van der Waals surface area contributed by atoms with Gasteiger partial charge in [-0.3, -0.25) is 0 Å². The fraction of sp³-hybridized carbons (Fsp3) is 0.278. The highest BCUT2D eigenvalue weighted by Gasteiger charge is 2.27. The molecule has 0 aromatic heterocycles. The molecule has 0 aliphatic carbocycles. The highest BCUT2D eigenvalue weighted by Crippen LogP contribution is 2.31. The Balaban J connectivity index is 1.76. The highest BCUT2D eigenvalue weighted by molar-refractivity contribution is 5.89. The van der Waals surface area contributed by atoms with Gasteiger partial charge in [0, 0.05) is 12.2 Å². The minimum absolute atomic E-state index is 0.00486. The van der Waals surface area contributed by atoms with Crippen LogP contribution in [0.15, 0.2) is 60.7 Å². The summed E-state index contributed by atoms with van der Waals surface area (Å²) in [6.45, 7) is 0.818. The number of rotatable bonds is 2. The van der Waals surface area contributed by atoms with E-state index in [1.807, 2.05) is 53.4 Å². The van der Waals surface area contributed by atoms with Gasteiger partial charge >= 0.3 is 6.03 Å². The lowest BCUT2D eigenvalue weighted by Gasteiger charge is -2.36. The van der Waals surface area contributed by atoms with Crippen molar-refractivity contribution in [2.24, 2.45) is 0 Å². The van der Waals surface area contributed by atoms with E-state index in [0.717, 1.165) is 25.1 Å². The molecule has 1 aliphatic rings. The molecule has 1 fully saturated rings. The maximum Gasteiger partial charge on any atom is 0.322 e. The molecule has 0 saturated carbocycles. The Labute approximate surface area is 125 Å². The maximum absolute atomic E-state index is 12.6. The van der Waals surface area contributed by atoms with Gasteiger partial charge in [-0.1, -0.05) is 48.5 Å². The van der Waals surface area contributed by atoms with Gasteiger partial charge in [0.1, 0.15) is 0 Å². The van der Waals surface area contributed by atoms with E-state index >= 15 is 0 Å². The Bertz CT molecular complexity index is 583. The van der Waals surface area contributed by atoms with Gasteiger partial charge in [-0.15, -0.1) is 0 Å². The molecule has 1 atom stereocenters. The van der Waals surface area contributed by atoms with Crippen molar-refractivity contribution in [3.05, 3.63) is 66.2 Å². The molecule has 3 heteroatoms. The van der Waals surface area contributed by atoms with E-state index in [1.54, 1.807) is 0 Å². The Morgan fingerprint density at radius 3 is 2.33 bits per heavy atom. The molecule has 0 radical (unpaired) electrons. The number of hydrogen-bond donors (Lipinski definition) is 1. The molecular formula is C18H20N2O. The zero-order chi connectivity index (χ0) is 14.5. The zero-order valence-electron chi connectivity index (χ0n) is 12.0. The monoisotopic (exact) mass is 280 g/mol. The van der Waals surface area contributed by atoms with Crippen LogP contribution in [0.25, 0.3) is 0 Å². The first-order valence-corrected chi connectivity index (χ1v) is 7.52. The summed E-state index contributed by atoms with van der Waals surface area (Å²) in [6, 6.07) is 20.1. The second-order valence-corrected chi connectivity index (χ2v) is 5.41. The van der Waals surface area contributed by atoms with Gasteiger partial charge in [0.25, 0.3) is 0 Å². The number of para-hydroxylation sites is 1. The van der Waals surface area contributed by atoms with Gasteiger partial charge < -0.3 is 10.2 Å². The van der Waals surface area contributed by atoms with Crippen LogP contribution in [0.4, 0.5) is 10.5 Å². The molecular weight excluding hydrogens is 260 g/mol. The molecule has 1 unspecified atom stereocenters. The fourth-order valence-electron chi connectivity index (χ4n) is 2.91. The number of benzene rings is 2. The molecule has 1 heterocycles. The average Bonchev–Trinajstić information content (AvgIpc) is 2.56. The van der Waals surface area contributed by atoms with E-state index in [9.17, 15) is 4.79 Å². The van der Waals surface area contributed by atoms with Crippen LogP contribution < -0.4 is 5.32 Å². The van der Waals surface area contributed by atoms with Crippen LogP contribution in [-0.2, 0) is 0 Å². The minimum atomic E-state index is -0.00486. The summed E-state index contributed by atoms with van der Waals surface area (Å²) in [5.41, 5.74) is 2.07. The summed E-state index contributed by atoms with van der Waals surface area (Å²) < 4.78 is 0. The van der Waals surface area contributed by atoms with Crippen molar-refractivity contribution in [1.82, 2.24) is 4.90 Å². The Morgan fingerprint density at radius 1 is 0.952 bits per heavy atom. The summed E-state index contributed by atoms with van der Waals surface area (Å²) in [4.78, 5) is 14.5. The molecule has 2 amide bonds. The predicted octanol–water partition coefficient (Wildman–Crippen LogP) is 4.45. The van der Waals surface area contributed by atoms with Crippen molar-refractivity contribution in [2.45, 2.75) is 25.3 Å². The number of nitrogens with one attached hydrogen (secondary N) is 1. The van der Waals surface area contributed by atoms with Crippen LogP contribution >= 0.6 is 0 Å². The normalized spacial score (nSPS) is 18.3. The van der Waals surface area contributed by atoms with Crippen LogP contribution in [0.5, 0.6) is 0 Å². The molecule has 0 spiro atoms. The summed E-state index contributed by atoms with van der Waals surface area (Å²) in [5.74, 6) is 0. The lowest BCUT2D eigenvalue weighted by atomic mass is 9.95. The minimum Gasteiger partial charge on any atom is -0.317 e. The van der Waals surface area contributed by atoms with Crippen LogP contribution in [0.3, 0.4) is 0 Å². The topological polar surface area (TPSA) is 32.3 Å². The number of piperidine rings is 1. The highest BCUT2D eigenvalue weighted by atomic mass is 16.2. The smallest absolute Gasteiger partial charge is 0.317 e. The molecule has 0 bridgehead atoms. The zero-order valence-corrected chi connectivity index (χ0v) is 12.0. The third kappa shape index (κ3) is 3.24. The van der Waals surface area contributed by atoms with Crippen LogP contribution in [0.1, 0.15) is 30.9 Å². The second-order valence-electron chi connectivity index (χ2n) is 5.41. The van der Waals surface area contributed by atoms with E-state index in [4.69, 9.17) is 0 Å². The number of urea groups is 1. The molecule has 2 aromatic carbocycles. The first kappa shape index (κ1) is 13.7. The molecule has 21 heavy (non-hydrogen) atoms. The molecule has 108 valence electrons.